The molecule has 1 aliphatic heterocycles. The molecule has 1 N–H and O–H groups in total. The Balaban J connectivity index is 2.05. The molecule has 1 amide bonds. The lowest BCUT2D eigenvalue weighted by Gasteiger charge is -2.23. The molecule has 0 spiro atoms. The molecule has 0 radical (unpaired) electrons. The number of benzene rings is 1. The minimum absolute atomic E-state index is 0.0847. The summed E-state index contributed by atoms with van der Waals surface area (Å²) in [5.74, 6) is -0.187. The van der Waals surface area contributed by atoms with Crippen molar-refractivity contribution >= 4 is 37.2 Å². The first-order valence-corrected chi connectivity index (χ1v) is 10.4. The number of hydrogen-bond acceptors (Lipinski definition) is 5. The maximum Gasteiger partial charge on any atom is 0.264 e. The highest BCUT2D eigenvalue weighted by atomic mass is 32.2. The molecule has 7 heteroatoms. The van der Waals surface area contributed by atoms with Crippen molar-refractivity contribution < 1.29 is 13.2 Å². The summed E-state index contributed by atoms with van der Waals surface area (Å²) >= 11 is 1.38. The number of amides is 1. The third-order valence-electron chi connectivity index (χ3n) is 4.20. The van der Waals surface area contributed by atoms with Crippen molar-refractivity contribution in [2.45, 2.75) is 18.2 Å². The molecule has 0 bridgehead atoms. The van der Waals surface area contributed by atoms with E-state index in [0.29, 0.717) is 10.4 Å². The number of carbonyl (C=O) groups excluding carboxylic acids is 1. The van der Waals surface area contributed by atoms with Crippen LogP contribution in [0.5, 0.6) is 0 Å². The lowest BCUT2D eigenvalue weighted by Crippen LogP contribution is -2.38. The van der Waals surface area contributed by atoms with E-state index < -0.39 is 9.84 Å². The van der Waals surface area contributed by atoms with Gasteiger partial charge in [-0.15, -0.1) is 11.3 Å². The zero-order chi connectivity index (χ0) is 16.6. The molecule has 0 aliphatic carbocycles. The molecule has 1 aromatic heterocycles. The summed E-state index contributed by atoms with van der Waals surface area (Å²) in [6, 6.07) is 7.76. The smallest absolute Gasteiger partial charge is 0.264 e. The standard InChI is InChI=1S/C16H20N2O3S2/c1-18(11-7-8-17-9-11)16(19)15-13(10-23(2,20)21)12-5-3-4-6-14(12)22-15/h3-6,11,17H,7-10H2,1-2H3. The fourth-order valence-corrected chi connectivity index (χ4v) is 5.09. The second-order valence-electron chi connectivity index (χ2n) is 6.04. The molecule has 3 rings (SSSR count). The SMILES string of the molecule is CN(C(=O)c1sc2ccccc2c1CS(C)(=O)=O)C1CCNC1. The highest BCUT2D eigenvalue weighted by Crippen LogP contribution is 2.33. The van der Waals surface area contributed by atoms with Gasteiger partial charge in [0, 0.05) is 30.6 Å². The van der Waals surface area contributed by atoms with Crippen molar-refractivity contribution in [1.29, 1.82) is 0 Å². The fraction of sp³-hybridized carbons (Fsp3) is 0.438. The van der Waals surface area contributed by atoms with E-state index in [1.807, 2.05) is 24.3 Å². The molecular formula is C16H20N2O3S2. The number of thiophene rings is 1. The van der Waals surface area contributed by atoms with Gasteiger partial charge in [-0.1, -0.05) is 18.2 Å². The van der Waals surface area contributed by atoms with Crippen LogP contribution in [0.3, 0.4) is 0 Å². The molecule has 1 aromatic carbocycles. The van der Waals surface area contributed by atoms with Gasteiger partial charge < -0.3 is 10.2 Å². The summed E-state index contributed by atoms with van der Waals surface area (Å²) in [5.41, 5.74) is 0.635. The number of nitrogens with zero attached hydrogens (tertiary/aromatic N) is 1. The minimum atomic E-state index is -3.22. The van der Waals surface area contributed by atoms with Crippen molar-refractivity contribution in [3.8, 4) is 0 Å². The van der Waals surface area contributed by atoms with Crippen LogP contribution in [-0.4, -0.2) is 51.7 Å². The lowest BCUT2D eigenvalue weighted by atomic mass is 10.1. The van der Waals surface area contributed by atoms with Crippen LogP contribution >= 0.6 is 11.3 Å². The van der Waals surface area contributed by atoms with Gasteiger partial charge in [0.2, 0.25) is 0 Å². The first-order chi connectivity index (χ1) is 10.9. The molecule has 124 valence electrons. The molecule has 1 atom stereocenters. The number of likely N-dealkylation sites (N-methyl/N-ethyl adjacent to an activating group) is 1. The summed E-state index contributed by atoms with van der Waals surface area (Å²) in [5, 5.41) is 4.12. The Morgan fingerprint density at radius 1 is 1.39 bits per heavy atom. The van der Waals surface area contributed by atoms with Crippen LogP contribution < -0.4 is 5.32 Å². The van der Waals surface area contributed by atoms with Crippen molar-refractivity contribution in [3.05, 3.63) is 34.7 Å². The first kappa shape index (κ1) is 16.4. The van der Waals surface area contributed by atoms with Crippen molar-refractivity contribution in [2.24, 2.45) is 0 Å². The Bertz CT molecular complexity index is 836. The van der Waals surface area contributed by atoms with E-state index in [1.165, 1.54) is 17.6 Å². The first-order valence-electron chi connectivity index (χ1n) is 7.53. The molecule has 1 fully saturated rings. The second-order valence-corrected chi connectivity index (χ2v) is 9.23. The van der Waals surface area contributed by atoms with E-state index >= 15 is 0 Å². The number of nitrogens with one attached hydrogen (secondary N) is 1. The van der Waals surface area contributed by atoms with Gasteiger partial charge in [-0.3, -0.25) is 4.79 Å². The van der Waals surface area contributed by atoms with Gasteiger partial charge >= 0.3 is 0 Å². The number of fused-ring (bicyclic) bond motifs is 1. The molecule has 1 unspecified atom stereocenters. The molecular weight excluding hydrogens is 332 g/mol. The number of rotatable bonds is 4. The van der Waals surface area contributed by atoms with Gasteiger partial charge in [0.05, 0.1) is 10.6 Å². The van der Waals surface area contributed by atoms with Gasteiger partial charge in [-0.25, -0.2) is 8.42 Å². The second kappa shape index (κ2) is 6.22. The Hall–Kier alpha value is -1.44. The Morgan fingerprint density at radius 2 is 2.13 bits per heavy atom. The van der Waals surface area contributed by atoms with Gasteiger partial charge in [-0.2, -0.15) is 0 Å². The maximum atomic E-state index is 12.9. The van der Waals surface area contributed by atoms with E-state index in [0.717, 1.165) is 29.6 Å². The van der Waals surface area contributed by atoms with Gasteiger partial charge in [0.1, 0.15) is 0 Å². The van der Waals surface area contributed by atoms with E-state index in [2.05, 4.69) is 5.32 Å². The number of carbonyl (C=O) groups is 1. The van der Waals surface area contributed by atoms with E-state index in [-0.39, 0.29) is 17.7 Å². The van der Waals surface area contributed by atoms with Crippen LogP contribution in [0.25, 0.3) is 10.1 Å². The minimum Gasteiger partial charge on any atom is -0.337 e. The molecule has 2 aromatic rings. The van der Waals surface area contributed by atoms with E-state index in [9.17, 15) is 13.2 Å². The molecule has 1 aliphatic rings. The monoisotopic (exact) mass is 352 g/mol. The van der Waals surface area contributed by atoms with Crippen LogP contribution in [0.4, 0.5) is 0 Å². The summed E-state index contributed by atoms with van der Waals surface area (Å²) < 4.78 is 24.6. The summed E-state index contributed by atoms with van der Waals surface area (Å²) in [4.78, 5) is 15.2. The average Bonchev–Trinajstić information content (AvgIpc) is 3.13. The Kier molecular flexibility index (Phi) is 4.44. The Labute approximate surface area is 140 Å². The van der Waals surface area contributed by atoms with Gasteiger partial charge in [0.15, 0.2) is 9.84 Å². The topological polar surface area (TPSA) is 66.5 Å². The van der Waals surface area contributed by atoms with Crippen molar-refractivity contribution in [2.75, 3.05) is 26.4 Å². The number of sulfone groups is 1. The third kappa shape index (κ3) is 3.41. The van der Waals surface area contributed by atoms with Crippen LogP contribution in [0.15, 0.2) is 24.3 Å². The van der Waals surface area contributed by atoms with Crippen LogP contribution in [0, 0.1) is 0 Å². The van der Waals surface area contributed by atoms with Gasteiger partial charge in [-0.05, 0) is 30.0 Å². The van der Waals surface area contributed by atoms with Crippen LogP contribution in [0.1, 0.15) is 21.7 Å². The molecule has 5 nitrogen and oxygen atoms in total. The van der Waals surface area contributed by atoms with Gasteiger partial charge in [0.25, 0.3) is 5.91 Å². The van der Waals surface area contributed by atoms with E-state index in [4.69, 9.17) is 0 Å². The predicted molar refractivity (Wildman–Crippen MR) is 93.7 cm³/mol. The summed E-state index contributed by atoms with van der Waals surface area (Å²) in [6.07, 6.45) is 2.13. The largest absolute Gasteiger partial charge is 0.337 e. The zero-order valence-corrected chi connectivity index (χ0v) is 14.8. The highest BCUT2D eigenvalue weighted by molar-refractivity contribution is 7.89. The summed E-state index contributed by atoms with van der Waals surface area (Å²) in [6.45, 7) is 1.69. The summed E-state index contributed by atoms with van der Waals surface area (Å²) in [7, 11) is -1.42. The normalized spacial score (nSPS) is 18.4. The Morgan fingerprint density at radius 3 is 2.78 bits per heavy atom. The quantitative estimate of drug-likeness (QED) is 0.912. The third-order valence-corrected chi connectivity index (χ3v) is 6.22. The average molecular weight is 352 g/mol. The number of hydrogen-bond donors (Lipinski definition) is 1. The highest BCUT2D eigenvalue weighted by Gasteiger charge is 2.28. The van der Waals surface area contributed by atoms with Crippen LogP contribution in [0.2, 0.25) is 0 Å². The van der Waals surface area contributed by atoms with Crippen molar-refractivity contribution in [1.82, 2.24) is 10.2 Å². The molecule has 0 saturated carbocycles. The van der Waals surface area contributed by atoms with E-state index in [1.54, 1.807) is 11.9 Å². The zero-order valence-electron chi connectivity index (χ0n) is 13.2. The molecule has 23 heavy (non-hydrogen) atoms. The molecule has 1 saturated heterocycles. The predicted octanol–water partition coefficient (Wildman–Crippen LogP) is 1.88. The van der Waals surface area contributed by atoms with Crippen molar-refractivity contribution in [3.63, 3.8) is 0 Å². The molecule has 2 heterocycles. The fourth-order valence-electron chi connectivity index (χ4n) is 2.97. The van der Waals surface area contributed by atoms with Crippen LogP contribution in [-0.2, 0) is 15.6 Å². The maximum absolute atomic E-state index is 12.9. The lowest BCUT2D eigenvalue weighted by molar-refractivity contribution is 0.0748.